The molecule has 2 fully saturated rings. The van der Waals surface area contributed by atoms with Gasteiger partial charge in [-0.2, -0.15) is 0 Å². The Balaban J connectivity index is 0.000000134. The zero-order valence-corrected chi connectivity index (χ0v) is 13.4. The average Bonchev–Trinajstić information content (AvgIpc) is 3.20. The van der Waals surface area contributed by atoms with Crippen LogP contribution in [0.5, 0.6) is 0 Å². The minimum atomic E-state index is 0.392. The molecule has 2 saturated heterocycles. The SMILES string of the molecule is C(OCC1CO1)C1CO1.Cc1cccc(Br)c1Br. The van der Waals surface area contributed by atoms with Crippen molar-refractivity contribution < 1.29 is 14.2 Å². The number of rotatable bonds is 4. The maximum absolute atomic E-state index is 5.23. The molecule has 5 heteroatoms. The summed E-state index contributed by atoms with van der Waals surface area (Å²) in [5.74, 6) is 0. The summed E-state index contributed by atoms with van der Waals surface area (Å²) >= 11 is 6.83. The van der Waals surface area contributed by atoms with Gasteiger partial charge in [0.05, 0.1) is 26.4 Å². The highest BCUT2D eigenvalue weighted by Crippen LogP contribution is 2.25. The summed E-state index contributed by atoms with van der Waals surface area (Å²) in [7, 11) is 0. The lowest BCUT2D eigenvalue weighted by Gasteiger charge is -1.97. The van der Waals surface area contributed by atoms with Gasteiger partial charge in [-0.15, -0.1) is 0 Å². The molecule has 2 aliphatic heterocycles. The molecule has 0 aliphatic carbocycles. The Labute approximate surface area is 124 Å². The normalized spacial score (nSPS) is 24.2. The molecule has 0 spiro atoms. The molecule has 3 nitrogen and oxygen atoms in total. The minimum absolute atomic E-state index is 0.392. The van der Waals surface area contributed by atoms with Gasteiger partial charge >= 0.3 is 0 Å². The Bertz CT molecular complexity index is 358. The van der Waals surface area contributed by atoms with Crippen molar-refractivity contribution in [1.82, 2.24) is 0 Å². The first kappa shape index (κ1) is 14.5. The van der Waals surface area contributed by atoms with E-state index in [1.165, 1.54) is 5.56 Å². The van der Waals surface area contributed by atoms with Crippen LogP contribution >= 0.6 is 31.9 Å². The molecule has 0 N–H and O–H groups in total. The topological polar surface area (TPSA) is 34.3 Å². The van der Waals surface area contributed by atoms with Crippen LogP contribution in [0.2, 0.25) is 0 Å². The van der Waals surface area contributed by atoms with Crippen LogP contribution in [0.15, 0.2) is 27.1 Å². The van der Waals surface area contributed by atoms with E-state index in [4.69, 9.17) is 14.2 Å². The molecule has 18 heavy (non-hydrogen) atoms. The van der Waals surface area contributed by atoms with E-state index in [0.29, 0.717) is 12.2 Å². The third-order valence-electron chi connectivity index (χ3n) is 2.56. The number of epoxide rings is 2. The van der Waals surface area contributed by atoms with Crippen molar-refractivity contribution in [3.05, 3.63) is 32.7 Å². The van der Waals surface area contributed by atoms with Gasteiger partial charge in [0, 0.05) is 8.95 Å². The van der Waals surface area contributed by atoms with Crippen LogP contribution in [0.1, 0.15) is 5.56 Å². The quantitative estimate of drug-likeness (QED) is 0.752. The Morgan fingerprint density at radius 2 is 1.72 bits per heavy atom. The Kier molecular flexibility index (Phi) is 5.63. The lowest BCUT2D eigenvalue weighted by molar-refractivity contribution is 0.102. The van der Waals surface area contributed by atoms with E-state index in [2.05, 4.69) is 44.8 Å². The molecule has 0 amide bonds. The van der Waals surface area contributed by atoms with Crippen LogP contribution in [0.4, 0.5) is 0 Å². The van der Waals surface area contributed by atoms with Crippen molar-refractivity contribution in [2.24, 2.45) is 0 Å². The monoisotopic (exact) mass is 378 g/mol. The second kappa shape index (κ2) is 7.01. The van der Waals surface area contributed by atoms with E-state index in [-0.39, 0.29) is 0 Å². The van der Waals surface area contributed by atoms with Gasteiger partial charge in [-0.3, -0.25) is 0 Å². The van der Waals surface area contributed by atoms with Crippen molar-refractivity contribution in [3.8, 4) is 0 Å². The van der Waals surface area contributed by atoms with Gasteiger partial charge in [0.25, 0.3) is 0 Å². The van der Waals surface area contributed by atoms with E-state index in [1.54, 1.807) is 0 Å². The first-order valence-corrected chi connectivity index (χ1v) is 7.47. The molecule has 1 aromatic rings. The summed E-state index contributed by atoms with van der Waals surface area (Å²) in [5, 5.41) is 0. The predicted molar refractivity (Wildman–Crippen MR) is 76.9 cm³/mol. The molecule has 2 heterocycles. The van der Waals surface area contributed by atoms with Crippen LogP contribution < -0.4 is 0 Å². The van der Waals surface area contributed by atoms with E-state index >= 15 is 0 Å². The van der Waals surface area contributed by atoms with Gasteiger partial charge in [0.15, 0.2) is 0 Å². The Morgan fingerprint density at radius 1 is 1.17 bits per heavy atom. The number of aryl methyl sites for hydroxylation is 1. The molecule has 2 atom stereocenters. The van der Waals surface area contributed by atoms with Crippen LogP contribution in [0.3, 0.4) is 0 Å². The van der Waals surface area contributed by atoms with Gasteiger partial charge in [-0.1, -0.05) is 12.1 Å². The number of ether oxygens (including phenoxy) is 3. The van der Waals surface area contributed by atoms with Gasteiger partial charge in [0.1, 0.15) is 12.2 Å². The number of halogens is 2. The van der Waals surface area contributed by atoms with Gasteiger partial charge in [-0.05, 0) is 50.4 Å². The molecule has 0 saturated carbocycles. The van der Waals surface area contributed by atoms with Gasteiger partial charge in [-0.25, -0.2) is 0 Å². The third-order valence-corrected chi connectivity index (χ3v) is 4.80. The minimum Gasteiger partial charge on any atom is -0.376 e. The van der Waals surface area contributed by atoms with Crippen molar-refractivity contribution in [2.75, 3.05) is 26.4 Å². The first-order valence-electron chi connectivity index (χ1n) is 5.88. The summed E-state index contributed by atoms with van der Waals surface area (Å²) in [6.07, 6.45) is 0.785. The fourth-order valence-electron chi connectivity index (χ4n) is 1.27. The fourth-order valence-corrected chi connectivity index (χ4v) is 2.00. The summed E-state index contributed by atoms with van der Waals surface area (Å²) in [4.78, 5) is 0. The standard InChI is InChI=1S/C7H6Br2.C6H10O3/c1-5-3-2-4-6(8)7(5)9;1(5-3-8-5)7-2-6-4-9-6/h2-4H,1H3;5-6H,1-4H2. The van der Waals surface area contributed by atoms with Crippen LogP contribution in [-0.2, 0) is 14.2 Å². The van der Waals surface area contributed by atoms with E-state index in [1.807, 2.05) is 12.1 Å². The smallest absolute Gasteiger partial charge is 0.104 e. The molecular weight excluding hydrogens is 364 g/mol. The fraction of sp³-hybridized carbons (Fsp3) is 0.538. The van der Waals surface area contributed by atoms with E-state index in [9.17, 15) is 0 Å². The molecule has 0 aromatic heterocycles. The molecule has 1 aromatic carbocycles. The summed E-state index contributed by atoms with van der Waals surface area (Å²) < 4.78 is 17.4. The number of hydrogen-bond donors (Lipinski definition) is 0. The zero-order chi connectivity index (χ0) is 13.0. The summed E-state index contributed by atoms with van der Waals surface area (Å²) in [6.45, 7) is 5.33. The Hall–Kier alpha value is 0.0600. The second-order valence-corrected chi connectivity index (χ2v) is 5.97. The summed E-state index contributed by atoms with van der Waals surface area (Å²) in [5.41, 5.74) is 1.25. The molecular formula is C13H16Br2O3. The molecule has 3 rings (SSSR count). The van der Waals surface area contributed by atoms with E-state index in [0.717, 1.165) is 35.4 Å². The molecule has 0 radical (unpaired) electrons. The highest BCUT2D eigenvalue weighted by Gasteiger charge is 2.26. The van der Waals surface area contributed by atoms with Crippen molar-refractivity contribution in [2.45, 2.75) is 19.1 Å². The van der Waals surface area contributed by atoms with Gasteiger partial charge in [0.2, 0.25) is 0 Å². The second-order valence-electron chi connectivity index (χ2n) is 4.32. The largest absolute Gasteiger partial charge is 0.376 e. The van der Waals surface area contributed by atoms with E-state index < -0.39 is 0 Å². The van der Waals surface area contributed by atoms with Crippen LogP contribution in [0, 0.1) is 6.92 Å². The maximum Gasteiger partial charge on any atom is 0.104 e. The molecule has 2 aliphatic rings. The first-order chi connectivity index (χ1) is 8.66. The molecule has 0 bridgehead atoms. The molecule has 2 unspecified atom stereocenters. The van der Waals surface area contributed by atoms with Crippen molar-refractivity contribution in [1.29, 1.82) is 0 Å². The Morgan fingerprint density at radius 3 is 2.11 bits per heavy atom. The zero-order valence-electron chi connectivity index (χ0n) is 10.2. The predicted octanol–water partition coefficient (Wildman–Crippen LogP) is 3.32. The number of hydrogen-bond acceptors (Lipinski definition) is 3. The molecule has 100 valence electrons. The highest BCUT2D eigenvalue weighted by molar-refractivity contribution is 9.13. The summed E-state index contributed by atoms with van der Waals surface area (Å²) in [6, 6.07) is 6.09. The van der Waals surface area contributed by atoms with Crippen molar-refractivity contribution in [3.63, 3.8) is 0 Å². The van der Waals surface area contributed by atoms with Crippen LogP contribution in [-0.4, -0.2) is 38.6 Å². The number of benzene rings is 1. The third kappa shape index (κ3) is 5.36. The van der Waals surface area contributed by atoms with Crippen LogP contribution in [0.25, 0.3) is 0 Å². The van der Waals surface area contributed by atoms with Crippen molar-refractivity contribution >= 4 is 31.9 Å². The maximum atomic E-state index is 5.23. The lowest BCUT2D eigenvalue weighted by Crippen LogP contribution is -2.06. The highest BCUT2D eigenvalue weighted by atomic mass is 79.9. The lowest BCUT2D eigenvalue weighted by atomic mass is 10.2. The average molecular weight is 380 g/mol. The van der Waals surface area contributed by atoms with Gasteiger partial charge < -0.3 is 14.2 Å².